The zero-order valence-electron chi connectivity index (χ0n) is 6.61. The van der Waals surface area contributed by atoms with Gasteiger partial charge < -0.3 is 5.73 Å². The second-order valence-corrected chi connectivity index (χ2v) is 2.55. The predicted molar refractivity (Wildman–Crippen MR) is 38.6 cm³/mol. The molecule has 0 saturated heterocycles. The Hall–Kier alpha value is -1.04. The van der Waals surface area contributed by atoms with E-state index in [0.717, 1.165) is 4.68 Å². The van der Waals surface area contributed by atoms with E-state index in [9.17, 15) is 8.78 Å². The van der Waals surface area contributed by atoms with Gasteiger partial charge in [0.05, 0.1) is 11.9 Å². The van der Waals surface area contributed by atoms with Gasteiger partial charge in [-0.25, -0.2) is 13.5 Å². The number of alkyl halides is 2. The number of hydrogen-bond acceptors (Lipinski definition) is 3. The second-order valence-electron chi connectivity index (χ2n) is 2.55. The van der Waals surface area contributed by atoms with Crippen LogP contribution in [0.5, 0.6) is 0 Å². The first-order valence-electron chi connectivity index (χ1n) is 3.53. The normalized spacial score (nSPS) is 13.8. The Bertz CT molecular complexity index is 245. The first-order chi connectivity index (χ1) is 5.59. The lowest BCUT2D eigenvalue weighted by Gasteiger charge is -1.97. The van der Waals surface area contributed by atoms with Crippen LogP contribution in [-0.4, -0.2) is 21.4 Å². The summed E-state index contributed by atoms with van der Waals surface area (Å²) in [4.78, 5) is 0. The molecular formula is C6H10F2N4. The van der Waals surface area contributed by atoms with E-state index in [1.165, 1.54) is 6.20 Å². The van der Waals surface area contributed by atoms with Crippen molar-refractivity contribution in [2.45, 2.75) is 25.9 Å². The third-order valence-corrected chi connectivity index (χ3v) is 1.35. The molecule has 6 heteroatoms. The Morgan fingerprint density at radius 1 is 1.67 bits per heavy atom. The maximum atomic E-state index is 11.8. The number of rotatable bonds is 3. The summed E-state index contributed by atoms with van der Waals surface area (Å²) in [5.41, 5.74) is 5.98. The zero-order chi connectivity index (χ0) is 9.14. The van der Waals surface area contributed by atoms with Gasteiger partial charge in [-0.2, -0.15) is 0 Å². The maximum absolute atomic E-state index is 11.8. The molecule has 0 spiro atoms. The van der Waals surface area contributed by atoms with Gasteiger partial charge in [-0.1, -0.05) is 5.21 Å². The molecule has 2 N–H and O–H groups in total. The van der Waals surface area contributed by atoms with Crippen LogP contribution in [0.25, 0.3) is 0 Å². The monoisotopic (exact) mass is 176 g/mol. The van der Waals surface area contributed by atoms with Gasteiger partial charge in [-0.15, -0.1) is 5.10 Å². The summed E-state index contributed by atoms with van der Waals surface area (Å²) in [6.45, 7) is 1.29. The van der Waals surface area contributed by atoms with Gasteiger partial charge in [0.1, 0.15) is 6.54 Å². The van der Waals surface area contributed by atoms with Gasteiger partial charge in [0, 0.05) is 6.04 Å². The molecule has 1 rings (SSSR count). The van der Waals surface area contributed by atoms with Crippen molar-refractivity contribution in [1.29, 1.82) is 0 Å². The molecule has 0 radical (unpaired) electrons. The summed E-state index contributed by atoms with van der Waals surface area (Å²) in [5.74, 6) is 0. The van der Waals surface area contributed by atoms with Gasteiger partial charge in [0.15, 0.2) is 0 Å². The van der Waals surface area contributed by atoms with Crippen molar-refractivity contribution in [2.24, 2.45) is 5.73 Å². The van der Waals surface area contributed by atoms with Crippen molar-refractivity contribution in [3.63, 3.8) is 0 Å². The minimum Gasteiger partial charge on any atom is -0.323 e. The quantitative estimate of drug-likeness (QED) is 0.732. The minimum absolute atomic E-state index is 0.267. The predicted octanol–water partition coefficient (Wildman–Crippen LogP) is 0.563. The van der Waals surface area contributed by atoms with Crippen LogP contribution >= 0.6 is 0 Å². The van der Waals surface area contributed by atoms with Crippen LogP contribution in [0.4, 0.5) is 8.78 Å². The SMILES string of the molecule is CC(N)c1cn(CC(F)F)nn1. The molecular weight excluding hydrogens is 166 g/mol. The van der Waals surface area contributed by atoms with Gasteiger partial charge in [0.25, 0.3) is 6.43 Å². The topological polar surface area (TPSA) is 56.7 Å². The Balaban J connectivity index is 2.64. The summed E-state index contributed by atoms with van der Waals surface area (Å²) >= 11 is 0. The van der Waals surface area contributed by atoms with Gasteiger partial charge in [-0.05, 0) is 6.92 Å². The molecule has 4 nitrogen and oxygen atoms in total. The Labute approximate surface area is 68.4 Å². The molecule has 0 aliphatic carbocycles. The fourth-order valence-electron chi connectivity index (χ4n) is 0.753. The minimum atomic E-state index is -2.41. The van der Waals surface area contributed by atoms with E-state index in [1.54, 1.807) is 6.92 Å². The Morgan fingerprint density at radius 2 is 2.33 bits per heavy atom. The van der Waals surface area contributed by atoms with Crippen molar-refractivity contribution in [3.8, 4) is 0 Å². The highest BCUT2D eigenvalue weighted by molar-refractivity contribution is 4.97. The third kappa shape index (κ3) is 2.23. The van der Waals surface area contributed by atoms with E-state index in [0.29, 0.717) is 5.69 Å². The largest absolute Gasteiger partial charge is 0.323 e. The molecule has 1 aromatic heterocycles. The zero-order valence-corrected chi connectivity index (χ0v) is 6.61. The fraction of sp³-hybridized carbons (Fsp3) is 0.667. The molecule has 0 aromatic carbocycles. The molecule has 0 saturated carbocycles. The molecule has 1 heterocycles. The van der Waals surface area contributed by atoms with E-state index in [2.05, 4.69) is 10.3 Å². The third-order valence-electron chi connectivity index (χ3n) is 1.35. The van der Waals surface area contributed by atoms with Crippen LogP contribution in [0.15, 0.2) is 6.20 Å². The number of hydrogen-bond donors (Lipinski definition) is 1. The summed E-state index contributed by atoms with van der Waals surface area (Å²) in [6, 6.07) is -0.267. The molecule has 0 aliphatic heterocycles. The average Bonchev–Trinajstić information content (AvgIpc) is 2.34. The number of nitrogens with two attached hydrogens (primary N) is 1. The van der Waals surface area contributed by atoms with Gasteiger partial charge in [-0.3, -0.25) is 0 Å². The van der Waals surface area contributed by atoms with Crippen molar-refractivity contribution < 1.29 is 8.78 Å². The van der Waals surface area contributed by atoms with Crippen LogP contribution < -0.4 is 5.73 Å². The molecule has 12 heavy (non-hydrogen) atoms. The van der Waals surface area contributed by atoms with E-state index in [1.807, 2.05) is 0 Å². The Morgan fingerprint density at radius 3 is 2.75 bits per heavy atom. The van der Waals surface area contributed by atoms with Crippen molar-refractivity contribution >= 4 is 0 Å². The Kier molecular flexibility index (Phi) is 2.69. The second kappa shape index (κ2) is 3.57. The highest BCUT2D eigenvalue weighted by Gasteiger charge is 2.08. The summed E-state index contributed by atoms with van der Waals surface area (Å²) in [7, 11) is 0. The highest BCUT2D eigenvalue weighted by Crippen LogP contribution is 2.04. The van der Waals surface area contributed by atoms with Crippen molar-refractivity contribution in [2.75, 3.05) is 0 Å². The fourth-order valence-corrected chi connectivity index (χ4v) is 0.753. The van der Waals surface area contributed by atoms with Crippen LogP contribution in [0, 0.1) is 0 Å². The molecule has 1 aromatic rings. The van der Waals surface area contributed by atoms with Gasteiger partial charge in [0.2, 0.25) is 0 Å². The molecule has 68 valence electrons. The first kappa shape index (κ1) is 9.05. The number of halogens is 2. The molecule has 0 amide bonds. The smallest absolute Gasteiger partial charge is 0.257 e. The summed E-state index contributed by atoms with van der Waals surface area (Å²) in [5, 5.41) is 7.11. The average molecular weight is 176 g/mol. The maximum Gasteiger partial charge on any atom is 0.257 e. The van der Waals surface area contributed by atoms with Crippen LogP contribution in [-0.2, 0) is 6.54 Å². The van der Waals surface area contributed by atoms with E-state index >= 15 is 0 Å². The van der Waals surface area contributed by atoms with Crippen LogP contribution in [0.3, 0.4) is 0 Å². The lowest BCUT2D eigenvalue weighted by molar-refractivity contribution is 0.121. The van der Waals surface area contributed by atoms with Gasteiger partial charge >= 0.3 is 0 Å². The van der Waals surface area contributed by atoms with Crippen LogP contribution in [0.1, 0.15) is 18.7 Å². The van der Waals surface area contributed by atoms with E-state index in [-0.39, 0.29) is 6.04 Å². The highest BCUT2D eigenvalue weighted by atomic mass is 19.3. The molecule has 0 fully saturated rings. The number of nitrogens with zero attached hydrogens (tertiary/aromatic N) is 3. The van der Waals surface area contributed by atoms with Crippen LogP contribution in [0.2, 0.25) is 0 Å². The standard InChI is InChI=1S/C6H10F2N4/c1-4(9)5-2-12(11-10-5)3-6(7)8/h2,4,6H,3,9H2,1H3. The molecule has 0 bridgehead atoms. The summed E-state index contributed by atoms with van der Waals surface area (Å²) in [6.07, 6.45) is -0.982. The molecule has 0 aliphatic rings. The number of aromatic nitrogens is 3. The molecule has 1 unspecified atom stereocenters. The lowest BCUT2D eigenvalue weighted by Crippen LogP contribution is -2.07. The van der Waals surface area contributed by atoms with Crippen molar-refractivity contribution in [1.82, 2.24) is 15.0 Å². The lowest BCUT2D eigenvalue weighted by atomic mass is 10.3. The summed E-state index contributed by atoms with van der Waals surface area (Å²) < 4.78 is 24.7. The van der Waals surface area contributed by atoms with Crippen molar-refractivity contribution in [3.05, 3.63) is 11.9 Å². The van der Waals surface area contributed by atoms with E-state index in [4.69, 9.17) is 5.73 Å². The van der Waals surface area contributed by atoms with E-state index < -0.39 is 13.0 Å². The molecule has 1 atom stereocenters. The first-order valence-corrected chi connectivity index (χ1v) is 3.53.